The lowest BCUT2D eigenvalue weighted by molar-refractivity contribution is -0.671. The smallest absolute Gasteiger partial charge is 0.169 e. The molecule has 5 aromatic heterocycles. The Morgan fingerprint density at radius 1 is 0.633 bits per heavy atom. The fourth-order valence-electron chi connectivity index (χ4n) is 9.99. The monoisotopic (exact) mass is 898 g/mol. The maximum atomic E-state index is 10.3. The summed E-state index contributed by atoms with van der Waals surface area (Å²) in [5, 5.41) is 28.0. The lowest BCUT2D eigenvalue weighted by atomic mass is 10.1. The van der Waals surface area contributed by atoms with Crippen LogP contribution in [-0.4, -0.2) is 16.1 Å². The molecule has 5 aromatic rings. The Bertz CT molecular complexity index is 2540. The molecule has 308 valence electrons. The third kappa shape index (κ3) is 7.86. The molecule has 0 aliphatic carbocycles. The van der Waals surface area contributed by atoms with Crippen molar-refractivity contribution in [1.82, 2.24) is 0 Å². The number of fused-ring (bicyclic) bond motifs is 5. The highest BCUT2D eigenvalue weighted by Crippen LogP contribution is 2.61. The van der Waals surface area contributed by atoms with Crippen molar-refractivity contribution in [1.29, 1.82) is 10.5 Å². The minimum absolute atomic E-state index is 0.464. The van der Waals surface area contributed by atoms with E-state index in [9.17, 15) is 10.5 Å². The second kappa shape index (κ2) is 18.4. The van der Waals surface area contributed by atoms with Crippen LogP contribution in [-0.2, 0) is 14.1 Å². The zero-order valence-electron chi connectivity index (χ0n) is 36.2. The van der Waals surface area contributed by atoms with E-state index in [0.29, 0.717) is 5.25 Å². The molecule has 1 atom stereocenters. The number of nitrogens with zero attached hydrogens (tertiary/aromatic N) is 4. The summed E-state index contributed by atoms with van der Waals surface area (Å²) in [6.45, 7) is 9.45. The van der Waals surface area contributed by atoms with Gasteiger partial charge in [-0.2, -0.15) is 10.5 Å². The molecule has 0 N–H and O–H groups in total. The SMILES string of the molecule is CCCC[Si]1(CCCC)C2=C(SC(c3cc4c(s3)-c3sc(/C=C(\C#N)c5cc[n+](C)cc5)cc3[Si]4(CCCC)CCCC)C2)c2sc(/C=C(\C#N)c3cc[n+](C)cc3)cc21. The van der Waals surface area contributed by atoms with Crippen molar-refractivity contribution >= 4 is 106 Å². The van der Waals surface area contributed by atoms with Crippen molar-refractivity contribution in [2.75, 3.05) is 0 Å². The second-order valence-electron chi connectivity index (χ2n) is 17.2. The number of pyridine rings is 2. The third-order valence-electron chi connectivity index (χ3n) is 13.3. The summed E-state index contributed by atoms with van der Waals surface area (Å²) in [6, 6.07) is 26.4. The quantitative estimate of drug-likeness (QED) is 0.0531. The number of allylic oxidation sites excluding steroid dienone is 3. The van der Waals surface area contributed by atoms with Gasteiger partial charge in [-0.3, -0.25) is 0 Å². The first-order chi connectivity index (χ1) is 29.2. The van der Waals surface area contributed by atoms with Crippen LogP contribution in [0.5, 0.6) is 0 Å². The minimum Gasteiger partial charge on any atom is -0.208 e. The molecule has 0 bridgehead atoms. The molecule has 3 aliphatic rings. The Labute approximate surface area is 376 Å². The predicted molar refractivity (Wildman–Crippen MR) is 265 cm³/mol. The van der Waals surface area contributed by atoms with Crippen LogP contribution in [0.3, 0.4) is 0 Å². The third-order valence-corrected chi connectivity index (χ3v) is 30.0. The van der Waals surface area contributed by atoms with E-state index in [1.807, 2.05) is 75.9 Å². The van der Waals surface area contributed by atoms with E-state index in [-0.39, 0.29) is 0 Å². The highest BCUT2D eigenvalue weighted by Gasteiger charge is 2.52. The maximum Gasteiger partial charge on any atom is 0.169 e. The fourth-order valence-corrected chi connectivity index (χ4v) is 30.0. The van der Waals surface area contributed by atoms with Crippen LogP contribution in [0.4, 0.5) is 0 Å². The molecule has 8 heterocycles. The van der Waals surface area contributed by atoms with Gasteiger partial charge < -0.3 is 0 Å². The van der Waals surface area contributed by atoms with E-state index in [2.05, 4.69) is 118 Å². The molecule has 0 saturated carbocycles. The molecule has 0 spiro atoms. The number of aromatic nitrogens is 2. The van der Waals surface area contributed by atoms with E-state index in [4.69, 9.17) is 0 Å². The number of unbranched alkanes of at least 4 members (excludes halogenated alkanes) is 4. The van der Waals surface area contributed by atoms with Crippen LogP contribution >= 0.6 is 45.8 Å². The van der Waals surface area contributed by atoms with Gasteiger partial charge in [0.1, 0.15) is 30.2 Å². The van der Waals surface area contributed by atoms with Crippen molar-refractivity contribution in [2.24, 2.45) is 14.1 Å². The molecule has 0 amide bonds. The summed E-state index contributed by atoms with van der Waals surface area (Å²) < 4.78 is 4.04. The number of hydrogen-bond donors (Lipinski definition) is 0. The summed E-state index contributed by atoms with van der Waals surface area (Å²) >= 11 is 8.20. The van der Waals surface area contributed by atoms with Gasteiger partial charge in [-0.1, -0.05) is 84.3 Å². The highest BCUT2D eigenvalue weighted by atomic mass is 32.2. The Hall–Kier alpha value is -3.62. The normalized spacial score (nSPS) is 17.4. The van der Waals surface area contributed by atoms with Gasteiger partial charge in [0.05, 0.1) is 23.3 Å². The molecule has 0 fully saturated rings. The van der Waals surface area contributed by atoms with Gasteiger partial charge in [0.2, 0.25) is 0 Å². The van der Waals surface area contributed by atoms with Gasteiger partial charge in [-0.05, 0) is 76.5 Å². The number of hydrogen-bond acceptors (Lipinski definition) is 6. The van der Waals surface area contributed by atoms with E-state index < -0.39 is 16.1 Å². The molecule has 3 aliphatic heterocycles. The predicted octanol–water partition coefficient (Wildman–Crippen LogP) is 12.2. The zero-order valence-corrected chi connectivity index (χ0v) is 41.5. The van der Waals surface area contributed by atoms with Crippen molar-refractivity contribution < 1.29 is 9.13 Å². The van der Waals surface area contributed by atoms with Crippen molar-refractivity contribution in [2.45, 2.75) is 115 Å². The van der Waals surface area contributed by atoms with Crippen LogP contribution in [0.15, 0.2) is 72.4 Å². The lowest BCUT2D eigenvalue weighted by Gasteiger charge is -2.31. The second-order valence-corrected chi connectivity index (χ2v) is 30.2. The van der Waals surface area contributed by atoms with E-state index in [1.165, 1.54) is 101 Å². The average molecular weight is 899 g/mol. The van der Waals surface area contributed by atoms with Crippen LogP contribution in [0, 0.1) is 22.7 Å². The minimum atomic E-state index is -2.01. The van der Waals surface area contributed by atoms with Gasteiger partial charge in [0, 0.05) is 74.8 Å². The van der Waals surface area contributed by atoms with Crippen molar-refractivity contribution in [3.8, 4) is 21.9 Å². The first kappa shape index (κ1) is 43.0. The van der Waals surface area contributed by atoms with Gasteiger partial charge in [0.15, 0.2) is 24.8 Å². The first-order valence-corrected chi connectivity index (χ1v) is 30.4. The molecule has 60 heavy (non-hydrogen) atoms. The lowest BCUT2D eigenvalue weighted by Crippen LogP contribution is -2.54. The molecule has 0 saturated heterocycles. The summed E-state index contributed by atoms with van der Waals surface area (Å²) in [4.78, 5) is 10.3. The Morgan fingerprint density at radius 2 is 1.07 bits per heavy atom. The van der Waals surface area contributed by atoms with E-state index >= 15 is 0 Å². The number of rotatable bonds is 17. The molecule has 0 radical (unpaired) electrons. The number of thiophene rings is 3. The zero-order chi connectivity index (χ0) is 42.0. The molecular weight excluding hydrogens is 841 g/mol. The van der Waals surface area contributed by atoms with Crippen LogP contribution in [0.2, 0.25) is 24.2 Å². The maximum absolute atomic E-state index is 10.3. The molecular formula is C50H58N4S4Si2+2. The van der Waals surface area contributed by atoms with Gasteiger partial charge in [-0.15, -0.1) is 45.8 Å². The summed E-state index contributed by atoms with van der Waals surface area (Å²) in [6.07, 6.45) is 23.7. The largest absolute Gasteiger partial charge is 0.208 e. The Morgan fingerprint density at radius 3 is 1.55 bits per heavy atom. The molecule has 0 aromatic carbocycles. The first-order valence-electron chi connectivity index (χ1n) is 22.2. The average Bonchev–Trinajstić information content (AvgIpc) is 4.11. The van der Waals surface area contributed by atoms with E-state index in [1.54, 1.807) is 30.2 Å². The summed E-state index contributed by atoms with van der Waals surface area (Å²) in [5.41, 5.74) is 3.44. The molecule has 1 unspecified atom stereocenters. The van der Waals surface area contributed by atoms with Crippen LogP contribution < -0.4 is 24.7 Å². The molecule has 10 heteroatoms. The topological polar surface area (TPSA) is 55.3 Å². The van der Waals surface area contributed by atoms with Gasteiger partial charge in [0.25, 0.3) is 0 Å². The fraction of sp³-hybridized carbons (Fsp3) is 0.400. The Balaban J connectivity index is 1.19. The standard InChI is InChI=1S/C50H58N4S4Si2/c1-7-11-23-59(24-12-8-2)43-29-39(27-37(33-51)35-15-19-53(5)20-16-35)55-47(43)49-45(59)31-41(57-49)42-32-46-50(58-42)48-44(60(46,25-13-9-3)26-14-10-4)30-40(56-48)28-38(34-52)36-17-21-54(6)22-18-36/h15-22,27-31,42H,7-14,23-26,32H2,1-6H3/q+2/b37-27+,38-28+. The van der Waals surface area contributed by atoms with Crippen LogP contribution in [0.1, 0.15) is 121 Å². The van der Waals surface area contributed by atoms with Crippen molar-refractivity contribution in [3.63, 3.8) is 0 Å². The molecule has 4 nitrogen and oxygen atoms in total. The summed E-state index contributed by atoms with van der Waals surface area (Å²) in [5.74, 6) is 0. The van der Waals surface area contributed by atoms with Crippen LogP contribution in [0.25, 0.3) is 38.0 Å². The van der Waals surface area contributed by atoms with Gasteiger partial charge >= 0.3 is 0 Å². The number of nitriles is 2. The van der Waals surface area contributed by atoms with Gasteiger partial charge in [-0.25, -0.2) is 9.13 Å². The molecule has 8 rings (SSSR count). The number of thioether (sulfide) groups is 1. The Kier molecular flexibility index (Phi) is 13.2. The summed E-state index contributed by atoms with van der Waals surface area (Å²) in [7, 11) is 0.0670. The van der Waals surface area contributed by atoms with E-state index in [0.717, 1.165) is 22.3 Å². The number of aryl methyl sites for hydroxylation is 2. The highest BCUT2D eigenvalue weighted by molar-refractivity contribution is 8.09. The van der Waals surface area contributed by atoms with Crippen molar-refractivity contribution in [3.05, 3.63) is 103 Å².